The highest BCUT2D eigenvalue weighted by molar-refractivity contribution is 6.00. The summed E-state index contributed by atoms with van der Waals surface area (Å²) in [6.45, 7) is 0. The van der Waals surface area contributed by atoms with Gasteiger partial charge in [-0.25, -0.2) is 4.79 Å². The van der Waals surface area contributed by atoms with E-state index in [1.54, 1.807) is 30.3 Å². The maximum absolute atomic E-state index is 12.2. The highest BCUT2D eigenvalue weighted by Crippen LogP contribution is 2.19. The Morgan fingerprint density at radius 2 is 1.64 bits per heavy atom. The minimum absolute atomic E-state index is 0.185. The summed E-state index contributed by atoms with van der Waals surface area (Å²) in [5.41, 5.74) is -0.186. The molecule has 112 valence electrons. The Hall–Kier alpha value is -3.22. The largest absolute Gasteiger partial charge is 0.479 e. The van der Waals surface area contributed by atoms with Gasteiger partial charge in [0, 0.05) is 6.07 Å². The maximum Gasteiger partial charge on any atom is 0.330 e. The van der Waals surface area contributed by atoms with Gasteiger partial charge < -0.3 is 10.4 Å². The number of hydrogen-bond donors (Lipinski definition) is 2. The molecule has 0 saturated carbocycles. The summed E-state index contributed by atoms with van der Waals surface area (Å²) in [5, 5.41) is 22.5. The average molecular weight is 300 g/mol. The molecule has 7 heteroatoms. The molecule has 1 atom stereocenters. The first-order valence-corrected chi connectivity index (χ1v) is 6.32. The van der Waals surface area contributed by atoms with Crippen molar-refractivity contribution in [1.82, 2.24) is 5.32 Å². The van der Waals surface area contributed by atoms with Gasteiger partial charge >= 0.3 is 5.97 Å². The Balaban J connectivity index is 2.30. The SMILES string of the molecule is O=C(NC(C(=O)O)c1ccccc1)c1ccccc1[N+](=O)[O-]. The van der Waals surface area contributed by atoms with Crippen LogP contribution in [0.1, 0.15) is 22.0 Å². The zero-order valence-corrected chi connectivity index (χ0v) is 11.3. The van der Waals surface area contributed by atoms with E-state index in [0.717, 1.165) is 0 Å². The Labute approximate surface area is 125 Å². The third-order valence-electron chi connectivity index (χ3n) is 3.00. The number of nitrogens with zero attached hydrogens (tertiary/aromatic N) is 1. The number of aliphatic carboxylic acids is 1. The van der Waals surface area contributed by atoms with Gasteiger partial charge in [0.15, 0.2) is 6.04 Å². The molecule has 0 aliphatic carbocycles. The van der Waals surface area contributed by atoms with Gasteiger partial charge in [-0.05, 0) is 11.6 Å². The number of amides is 1. The van der Waals surface area contributed by atoms with Gasteiger partial charge in [-0.1, -0.05) is 42.5 Å². The molecule has 0 aromatic heterocycles. The molecule has 2 aromatic rings. The van der Waals surface area contributed by atoms with Crippen LogP contribution in [0.4, 0.5) is 5.69 Å². The number of nitro benzene ring substituents is 1. The standard InChI is InChI=1S/C15H12N2O5/c18-14(11-8-4-5-9-12(11)17(21)22)16-13(15(19)20)10-6-2-1-3-7-10/h1-9,13H,(H,16,18)(H,19,20). The molecule has 0 saturated heterocycles. The molecule has 0 spiro atoms. The predicted octanol–water partition coefficient (Wildman–Crippen LogP) is 2.15. The lowest BCUT2D eigenvalue weighted by atomic mass is 10.1. The Bertz CT molecular complexity index is 715. The fourth-order valence-corrected chi connectivity index (χ4v) is 1.97. The lowest BCUT2D eigenvalue weighted by Gasteiger charge is -2.14. The van der Waals surface area contributed by atoms with Gasteiger partial charge in [0.05, 0.1) is 4.92 Å². The molecule has 7 nitrogen and oxygen atoms in total. The molecule has 2 N–H and O–H groups in total. The zero-order valence-electron chi connectivity index (χ0n) is 11.3. The van der Waals surface area contributed by atoms with Gasteiger partial charge in [-0.2, -0.15) is 0 Å². The fraction of sp³-hybridized carbons (Fsp3) is 0.0667. The van der Waals surface area contributed by atoms with E-state index in [1.807, 2.05) is 0 Å². The molecule has 1 unspecified atom stereocenters. The number of rotatable bonds is 5. The lowest BCUT2D eigenvalue weighted by Crippen LogP contribution is -2.34. The van der Waals surface area contributed by atoms with Crippen LogP contribution < -0.4 is 5.32 Å². The van der Waals surface area contributed by atoms with Gasteiger partial charge in [-0.3, -0.25) is 14.9 Å². The number of para-hydroxylation sites is 1. The highest BCUT2D eigenvalue weighted by atomic mass is 16.6. The maximum atomic E-state index is 12.2. The zero-order chi connectivity index (χ0) is 16.1. The number of hydrogen-bond acceptors (Lipinski definition) is 4. The summed E-state index contributed by atoms with van der Waals surface area (Å²) in [4.78, 5) is 33.8. The number of nitrogens with one attached hydrogen (secondary N) is 1. The van der Waals surface area contributed by atoms with Gasteiger partial charge in [-0.15, -0.1) is 0 Å². The van der Waals surface area contributed by atoms with Crippen LogP contribution in [0.2, 0.25) is 0 Å². The molecule has 0 heterocycles. The highest BCUT2D eigenvalue weighted by Gasteiger charge is 2.26. The van der Waals surface area contributed by atoms with Gasteiger partial charge in [0.2, 0.25) is 0 Å². The van der Waals surface area contributed by atoms with E-state index in [9.17, 15) is 24.8 Å². The van der Waals surface area contributed by atoms with Crippen LogP contribution >= 0.6 is 0 Å². The number of carbonyl (C=O) groups is 2. The Morgan fingerprint density at radius 3 is 2.23 bits per heavy atom. The molecule has 2 rings (SSSR count). The number of nitro groups is 1. The molecular weight excluding hydrogens is 288 g/mol. The van der Waals surface area contributed by atoms with Crippen molar-refractivity contribution < 1.29 is 19.6 Å². The molecular formula is C15H12N2O5. The van der Waals surface area contributed by atoms with Crippen LogP contribution in [0, 0.1) is 10.1 Å². The van der Waals surface area contributed by atoms with Gasteiger partial charge in [0.25, 0.3) is 11.6 Å². The van der Waals surface area contributed by atoms with Crippen molar-refractivity contribution in [3.05, 3.63) is 75.8 Å². The topological polar surface area (TPSA) is 110 Å². The first-order valence-electron chi connectivity index (χ1n) is 6.32. The van der Waals surface area contributed by atoms with Crippen molar-refractivity contribution in [2.24, 2.45) is 0 Å². The van der Waals surface area contributed by atoms with Crippen molar-refractivity contribution in [2.45, 2.75) is 6.04 Å². The molecule has 22 heavy (non-hydrogen) atoms. The van der Waals surface area contributed by atoms with Crippen LogP contribution in [-0.2, 0) is 4.79 Å². The summed E-state index contributed by atoms with van der Waals surface area (Å²) in [6, 6.07) is 12.2. The van der Waals surface area contributed by atoms with Gasteiger partial charge in [0.1, 0.15) is 5.56 Å². The second-order valence-electron chi connectivity index (χ2n) is 4.43. The predicted molar refractivity (Wildman–Crippen MR) is 77.4 cm³/mol. The summed E-state index contributed by atoms with van der Waals surface area (Å²) in [7, 11) is 0. The second-order valence-corrected chi connectivity index (χ2v) is 4.43. The van der Waals surface area contributed by atoms with E-state index in [4.69, 9.17) is 0 Å². The third kappa shape index (κ3) is 3.26. The molecule has 0 aliphatic rings. The fourth-order valence-electron chi connectivity index (χ4n) is 1.97. The number of carboxylic acid groups (broad SMARTS) is 1. The first-order chi connectivity index (χ1) is 10.5. The summed E-state index contributed by atoms with van der Waals surface area (Å²) in [5.74, 6) is -2.07. The van der Waals surface area contributed by atoms with Crippen molar-refractivity contribution >= 4 is 17.6 Å². The van der Waals surface area contributed by atoms with Crippen LogP contribution in [0.25, 0.3) is 0 Å². The van der Waals surface area contributed by atoms with E-state index < -0.39 is 22.8 Å². The van der Waals surface area contributed by atoms with E-state index in [-0.39, 0.29) is 11.3 Å². The average Bonchev–Trinajstić information content (AvgIpc) is 2.52. The van der Waals surface area contributed by atoms with E-state index >= 15 is 0 Å². The van der Waals surface area contributed by atoms with Crippen molar-refractivity contribution in [3.8, 4) is 0 Å². The minimum Gasteiger partial charge on any atom is -0.479 e. The molecule has 0 aliphatic heterocycles. The molecule has 1 amide bonds. The summed E-state index contributed by atoms with van der Waals surface area (Å²) >= 11 is 0. The van der Waals surface area contributed by atoms with Crippen LogP contribution in [0.3, 0.4) is 0 Å². The normalized spacial score (nSPS) is 11.5. The van der Waals surface area contributed by atoms with E-state index in [2.05, 4.69) is 5.32 Å². The quantitative estimate of drug-likeness (QED) is 0.649. The van der Waals surface area contributed by atoms with Crippen molar-refractivity contribution in [2.75, 3.05) is 0 Å². The third-order valence-corrected chi connectivity index (χ3v) is 3.00. The smallest absolute Gasteiger partial charge is 0.330 e. The Kier molecular flexibility index (Phi) is 4.47. The second kappa shape index (κ2) is 6.49. The molecule has 2 aromatic carbocycles. The Morgan fingerprint density at radius 1 is 1.05 bits per heavy atom. The van der Waals surface area contributed by atoms with Crippen molar-refractivity contribution in [3.63, 3.8) is 0 Å². The van der Waals surface area contributed by atoms with E-state index in [0.29, 0.717) is 5.56 Å². The molecule has 0 radical (unpaired) electrons. The van der Waals surface area contributed by atoms with Crippen molar-refractivity contribution in [1.29, 1.82) is 0 Å². The summed E-state index contributed by atoms with van der Waals surface area (Å²) in [6.07, 6.45) is 0. The number of benzene rings is 2. The monoisotopic (exact) mass is 300 g/mol. The van der Waals surface area contributed by atoms with E-state index in [1.165, 1.54) is 24.3 Å². The molecule has 0 bridgehead atoms. The van der Waals surface area contributed by atoms with Crippen LogP contribution in [-0.4, -0.2) is 21.9 Å². The molecule has 0 fully saturated rings. The first kappa shape index (κ1) is 15.2. The van der Waals surface area contributed by atoms with Crippen LogP contribution in [0.5, 0.6) is 0 Å². The summed E-state index contributed by atoms with van der Waals surface area (Å²) < 4.78 is 0. The number of carbonyl (C=O) groups excluding carboxylic acids is 1. The minimum atomic E-state index is -1.28. The lowest BCUT2D eigenvalue weighted by molar-refractivity contribution is -0.385. The number of carboxylic acids is 1. The van der Waals surface area contributed by atoms with Crippen LogP contribution in [0.15, 0.2) is 54.6 Å².